The summed E-state index contributed by atoms with van der Waals surface area (Å²) in [7, 11) is 0. The Bertz CT molecular complexity index is 361. The zero-order valence-corrected chi connectivity index (χ0v) is 11.1. The molecule has 0 radical (unpaired) electrons. The van der Waals surface area contributed by atoms with E-state index < -0.39 is 0 Å². The summed E-state index contributed by atoms with van der Waals surface area (Å²) in [6, 6.07) is 3.62. The summed E-state index contributed by atoms with van der Waals surface area (Å²) in [5.74, 6) is 0.610. The minimum absolute atomic E-state index is 0.00421. The van der Waals surface area contributed by atoms with Crippen LogP contribution < -0.4 is 4.74 Å². The minimum atomic E-state index is -0.00421. The summed E-state index contributed by atoms with van der Waals surface area (Å²) in [4.78, 5) is 11.3. The van der Waals surface area contributed by atoms with Crippen molar-refractivity contribution in [1.29, 1.82) is 0 Å². The molecule has 0 aliphatic carbocycles. The summed E-state index contributed by atoms with van der Waals surface area (Å²) < 4.78 is 7.05. The van der Waals surface area contributed by atoms with E-state index in [0.717, 1.165) is 8.95 Å². The van der Waals surface area contributed by atoms with Gasteiger partial charge in [-0.15, -0.1) is 0 Å². The highest BCUT2D eigenvalue weighted by atomic mass is 79.9. The first kappa shape index (κ1) is 11.7. The lowest BCUT2D eigenvalue weighted by molar-refractivity contribution is 0.101. The number of hydrogen-bond acceptors (Lipinski definition) is 2. The molecule has 0 spiro atoms. The molecular formula is C10H10Br2O2. The molecule has 0 aliphatic heterocycles. The van der Waals surface area contributed by atoms with Gasteiger partial charge in [0.2, 0.25) is 0 Å². The lowest BCUT2D eigenvalue weighted by Crippen LogP contribution is -2.01. The fraction of sp³-hybridized carbons (Fsp3) is 0.300. The smallest absolute Gasteiger partial charge is 0.163 e. The van der Waals surface area contributed by atoms with E-state index in [1.54, 1.807) is 6.07 Å². The molecule has 0 aliphatic rings. The average Bonchev–Trinajstić information content (AvgIpc) is 2.09. The number of carbonyl (C=O) groups excluding carboxylic acids is 1. The molecule has 2 nitrogen and oxygen atoms in total. The number of hydrogen-bond donors (Lipinski definition) is 0. The van der Waals surface area contributed by atoms with Gasteiger partial charge < -0.3 is 4.74 Å². The molecule has 1 aromatic carbocycles. The van der Waals surface area contributed by atoms with Crippen LogP contribution in [-0.2, 0) is 0 Å². The molecule has 0 saturated carbocycles. The maximum absolute atomic E-state index is 11.3. The van der Waals surface area contributed by atoms with Crippen LogP contribution in [0.3, 0.4) is 0 Å². The molecule has 0 bridgehead atoms. The third-order valence-electron chi connectivity index (χ3n) is 1.68. The minimum Gasteiger partial charge on any atom is -0.492 e. The summed E-state index contributed by atoms with van der Waals surface area (Å²) in [5.41, 5.74) is 0.591. The van der Waals surface area contributed by atoms with Gasteiger partial charge in [-0.05, 0) is 41.9 Å². The van der Waals surface area contributed by atoms with Gasteiger partial charge in [0, 0.05) is 4.47 Å². The first-order chi connectivity index (χ1) is 6.56. The third-order valence-corrected chi connectivity index (χ3v) is 2.72. The Kier molecular flexibility index (Phi) is 4.13. The number of ketones is 1. The molecule has 14 heavy (non-hydrogen) atoms. The van der Waals surface area contributed by atoms with Crippen LogP contribution in [0.25, 0.3) is 0 Å². The Balaban J connectivity index is 3.28. The average molecular weight is 322 g/mol. The van der Waals surface area contributed by atoms with Gasteiger partial charge >= 0.3 is 0 Å². The highest BCUT2D eigenvalue weighted by molar-refractivity contribution is 9.11. The second-order valence-corrected chi connectivity index (χ2v) is 4.52. The lowest BCUT2D eigenvalue weighted by Gasteiger charge is -2.10. The van der Waals surface area contributed by atoms with Gasteiger partial charge in [-0.3, -0.25) is 4.79 Å². The Morgan fingerprint density at radius 1 is 1.43 bits per heavy atom. The molecule has 0 aromatic heterocycles. The van der Waals surface area contributed by atoms with Crippen molar-refractivity contribution in [2.75, 3.05) is 6.61 Å². The number of benzene rings is 1. The molecule has 4 heteroatoms. The SMILES string of the molecule is CCOc1c(Br)cc(Br)cc1C(C)=O. The van der Waals surface area contributed by atoms with Crippen molar-refractivity contribution in [3.63, 3.8) is 0 Å². The predicted octanol–water partition coefficient (Wildman–Crippen LogP) is 3.81. The van der Waals surface area contributed by atoms with Crippen LogP contribution in [0.5, 0.6) is 5.75 Å². The first-order valence-corrected chi connectivity index (χ1v) is 5.77. The second-order valence-electron chi connectivity index (χ2n) is 2.75. The van der Waals surface area contributed by atoms with Crippen LogP contribution >= 0.6 is 31.9 Å². The molecule has 0 fully saturated rings. The number of ether oxygens (including phenoxy) is 1. The van der Waals surface area contributed by atoms with Crippen LogP contribution in [-0.4, -0.2) is 12.4 Å². The second kappa shape index (κ2) is 4.94. The van der Waals surface area contributed by atoms with Crippen molar-refractivity contribution in [2.45, 2.75) is 13.8 Å². The molecule has 76 valence electrons. The van der Waals surface area contributed by atoms with E-state index in [4.69, 9.17) is 4.74 Å². The monoisotopic (exact) mass is 320 g/mol. The van der Waals surface area contributed by atoms with E-state index in [2.05, 4.69) is 31.9 Å². The standard InChI is InChI=1S/C10H10Br2O2/c1-3-14-10-8(6(2)13)4-7(11)5-9(10)12/h4-5H,3H2,1-2H3. The van der Waals surface area contributed by atoms with Gasteiger partial charge in [-0.25, -0.2) is 0 Å². The number of halogens is 2. The van der Waals surface area contributed by atoms with Crippen molar-refractivity contribution in [2.24, 2.45) is 0 Å². The van der Waals surface area contributed by atoms with E-state index in [0.29, 0.717) is 17.9 Å². The van der Waals surface area contributed by atoms with Crippen LogP contribution in [0.1, 0.15) is 24.2 Å². The first-order valence-electron chi connectivity index (χ1n) is 4.19. The molecule has 0 amide bonds. The fourth-order valence-corrected chi connectivity index (χ4v) is 2.45. The van der Waals surface area contributed by atoms with E-state index in [9.17, 15) is 4.79 Å². The predicted molar refractivity (Wildman–Crippen MR) is 63.0 cm³/mol. The lowest BCUT2D eigenvalue weighted by atomic mass is 10.1. The molecule has 1 rings (SSSR count). The van der Waals surface area contributed by atoms with Crippen molar-refractivity contribution >= 4 is 37.6 Å². The van der Waals surface area contributed by atoms with Crippen LogP contribution in [0.4, 0.5) is 0 Å². The Labute approximate surface area is 99.9 Å². The number of Topliss-reactive ketones (excluding diaryl/α,β-unsaturated/α-hetero) is 1. The van der Waals surface area contributed by atoms with Crippen LogP contribution in [0.2, 0.25) is 0 Å². The fourth-order valence-electron chi connectivity index (χ4n) is 1.11. The Hall–Kier alpha value is -0.350. The van der Waals surface area contributed by atoms with Gasteiger partial charge in [0.15, 0.2) is 5.78 Å². The molecule has 0 atom stereocenters. The van der Waals surface area contributed by atoms with Gasteiger partial charge in [0.1, 0.15) is 5.75 Å². The summed E-state index contributed by atoms with van der Waals surface area (Å²) in [6.45, 7) is 3.95. The van der Waals surface area contributed by atoms with E-state index in [1.807, 2.05) is 13.0 Å². The Morgan fingerprint density at radius 2 is 2.07 bits per heavy atom. The maximum atomic E-state index is 11.3. The zero-order chi connectivity index (χ0) is 10.7. The Morgan fingerprint density at radius 3 is 2.57 bits per heavy atom. The maximum Gasteiger partial charge on any atom is 0.163 e. The van der Waals surface area contributed by atoms with E-state index in [1.165, 1.54) is 6.92 Å². The topological polar surface area (TPSA) is 26.3 Å². The summed E-state index contributed by atoms with van der Waals surface area (Å²) in [5, 5.41) is 0. The van der Waals surface area contributed by atoms with Crippen LogP contribution in [0, 0.1) is 0 Å². The van der Waals surface area contributed by atoms with E-state index in [-0.39, 0.29) is 5.78 Å². The van der Waals surface area contributed by atoms with Gasteiger partial charge in [0.25, 0.3) is 0 Å². The molecule has 0 N–H and O–H groups in total. The molecular weight excluding hydrogens is 312 g/mol. The highest BCUT2D eigenvalue weighted by Gasteiger charge is 2.13. The highest BCUT2D eigenvalue weighted by Crippen LogP contribution is 2.33. The number of rotatable bonds is 3. The van der Waals surface area contributed by atoms with Crippen molar-refractivity contribution < 1.29 is 9.53 Å². The van der Waals surface area contributed by atoms with Gasteiger partial charge in [0.05, 0.1) is 16.6 Å². The summed E-state index contributed by atoms with van der Waals surface area (Å²) in [6.07, 6.45) is 0. The molecule has 0 heterocycles. The molecule has 0 unspecified atom stereocenters. The zero-order valence-electron chi connectivity index (χ0n) is 7.93. The van der Waals surface area contributed by atoms with Crippen LogP contribution in [0.15, 0.2) is 21.1 Å². The largest absolute Gasteiger partial charge is 0.492 e. The summed E-state index contributed by atoms with van der Waals surface area (Å²) >= 11 is 6.69. The molecule has 0 saturated heterocycles. The van der Waals surface area contributed by atoms with Gasteiger partial charge in [-0.1, -0.05) is 15.9 Å². The van der Waals surface area contributed by atoms with Crippen molar-refractivity contribution in [3.05, 3.63) is 26.6 Å². The van der Waals surface area contributed by atoms with E-state index >= 15 is 0 Å². The van der Waals surface area contributed by atoms with Crippen molar-refractivity contribution in [3.8, 4) is 5.75 Å². The normalized spacial score (nSPS) is 10.0. The quantitative estimate of drug-likeness (QED) is 0.791. The van der Waals surface area contributed by atoms with Gasteiger partial charge in [-0.2, -0.15) is 0 Å². The third kappa shape index (κ3) is 2.58. The number of carbonyl (C=O) groups is 1. The molecule has 1 aromatic rings. The van der Waals surface area contributed by atoms with Crippen molar-refractivity contribution in [1.82, 2.24) is 0 Å².